The maximum absolute atomic E-state index is 12.1. The van der Waals surface area contributed by atoms with Crippen LogP contribution in [0.1, 0.15) is 35.7 Å². The van der Waals surface area contributed by atoms with Crippen molar-refractivity contribution in [1.29, 1.82) is 0 Å². The molecular weight excluding hydrogens is 356 g/mol. The molecule has 0 saturated carbocycles. The van der Waals surface area contributed by atoms with Gasteiger partial charge in [0.1, 0.15) is 0 Å². The van der Waals surface area contributed by atoms with Gasteiger partial charge >= 0.3 is 5.97 Å². The van der Waals surface area contributed by atoms with Crippen LogP contribution in [0.25, 0.3) is 0 Å². The number of carbonyl (C=O) groups is 2. The molecule has 154 valence electrons. The van der Waals surface area contributed by atoms with Gasteiger partial charge < -0.3 is 19.9 Å². The van der Waals surface area contributed by atoms with E-state index in [-0.39, 0.29) is 17.8 Å². The molecule has 0 bridgehead atoms. The molecule has 1 N–H and O–H groups in total. The molecule has 1 aliphatic heterocycles. The fourth-order valence-electron chi connectivity index (χ4n) is 3.33. The molecular formula is C21H32N4O3. The molecule has 1 aromatic carbocycles. The number of hydrogen-bond donors (Lipinski definition) is 1. The van der Waals surface area contributed by atoms with Gasteiger partial charge in [0.2, 0.25) is 0 Å². The van der Waals surface area contributed by atoms with Crippen molar-refractivity contribution in [3.8, 4) is 0 Å². The number of nitrogens with zero attached hydrogens (tertiary/aromatic N) is 3. The molecule has 1 saturated heterocycles. The predicted octanol–water partition coefficient (Wildman–Crippen LogP) is 1.78. The number of hydrogen-bond acceptors (Lipinski definition) is 4. The number of nitrogens with one attached hydrogen (secondary N) is 1. The number of guanidine groups is 1. The summed E-state index contributed by atoms with van der Waals surface area (Å²) in [5, 5.41) is 3.34. The average Bonchev–Trinajstić information content (AvgIpc) is 2.72. The summed E-state index contributed by atoms with van der Waals surface area (Å²) in [5.41, 5.74) is 1.79. The predicted molar refractivity (Wildman–Crippen MR) is 110 cm³/mol. The summed E-state index contributed by atoms with van der Waals surface area (Å²) in [4.78, 5) is 32.4. The van der Waals surface area contributed by atoms with Crippen LogP contribution >= 0.6 is 0 Å². The number of esters is 1. The van der Waals surface area contributed by atoms with E-state index >= 15 is 0 Å². The Hall–Kier alpha value is -2.57. The fourth-order valence-corrected chi connectivity index (χ4v) is 3.33. The molecule has 0 radical (unpaired) electrons. The molecule has 1 heterocycles. The number of benzene rings is 1. The van der Waals surface area contributed by atoms with E-state index in [1.807, 2.05) is 31.2 Å². The third-order valence-electron chi connectivity index (χ3n) is 4.91. The largest absolute Gasteiger partial charge is 0.469 e. The second-order valence-electron chi connectivity index (χ2n) is 7.17. The van der Waals surface area contributed by atoms with Gasteiger partial charge in [0, 0.05) is 45.8 Å². The highest BCUT2D eigenvalue weighted by Crippen LogP contribution is 2.18. The number of carbonyl (C=O) groups excluding carboxylic acids is 2. The standard InChI is InChI=1S/C21H32N4O3/c1-5-22-21(25-13-10-17(11-14-25)20(27)28-4)23-12-9-16-7-6-8-18(15-16)19(26)24(2)3/h6-8,15,17H,5,9-14H2,1-4H3,(H,22,23). The van der Waals surface area contributed by atoms with Gasteiger partial charge in [-0.3, -0.25) is 14.6 Å². The molecule has 28 heavy (non-hydrogen) atoms. The minimum Gasteiger partial charge on any atom is -0.469 e. The summed E-state index contributed by atoms with van der Waals surface area (Å²) in [7, 11) is 4.96. The van der Waals surface area contributed by atoms with Crippen molar-refractivity contribution < 1.29 is 14.3 Å². The molecule has 0 aliphatic carbocycles. The number of amides is 1. The fraction of sp³-hybridized carbons (Fsp3) is 0.571. The zero-order valence-electron chi connectivity index (χ0n) is 17.4. The van der Waals surface area contributed by atoms with Crippen LogP contribution in [0, 0.1) is 5.92 Å². The third kappa shape index (κ3) is 5.97. The van der Waals surface area contributed by atoms with Crippen molar-refractivity contribution in [1.82, 2.24) is 15.1 Å². The quantitative estimate of drug-likeness (QED) is 0.457. The molecule has 7 heteroatoms. The van der Waals surface area contributed by atoms with E-state index in [2.05, 4.69) is 10.2 Å². The summed E-state index contributed by atoms with van der Waals surface area (Å²) >= 11 is 0. The number of ether oxygens (including phenoxy) is 1. The van der Waals surface area contributed by atoms with E-state index < -0.39 is 0 Å². The average molecular weight is 389 g/mol. The summed E-state index contributed by atoms with van der Waals surface area (Å²) in [6.07, 6.45) is 2.33. The maximum atomic E-state index is 12.1. The number of likely N-dealkylation sites (tertiary alicyclic amines) is 1. The second-order valence-corrected chi connectivity index (χ2v) is 7.17. The Kier molecular flexibility index (Phi) is 8.29. The first kappa shape index (κ1) is 21.7. The van der Waals surface area contributed by atoms with Crippen molar-refractivity contribution in [3.63, 3.8) is 0 Å². The monoisotopic (exact) mass is 388 g/mol. The normalized spacial score (nSPS) is 15.3. The zero-order chi connectivity index (χ0) is 20.5. The molecule has 1 amide bonds. The van der Waals surface area contributed by atoms with Crippen molar-refractivity contribution >= 4 is 17.8 Å². The molecule has 1 fully saturated rings. The number of rotatable bonds is 6. The lowest BCUT2D eigenvalue weighted by molar-refractivity contribution is -0.146. The molecule has 0 atom stereocenters. The van der Waals surface area contributed by atoms with E-state index in [4.69, 9.17) is 9.73 Å². The van der Waals surface area contributed by atoms with Crippen LogP contribution in [0.3, 0.4) is 0 Å². The van der Waals surface area contributed by atoms with E-state index in [0.29, 0.717) is 12.1 Å². The van der Waals surface area contributed by atoms with E-state index in [0.717, 1.165) is 50.4 Å². The van der Waals surface area contributed by atoms with Gasteiger partial charge in [-0.05, 0) is 43.9 Å². The molecule has 0 unspecified atom stereocenters. The SMILES string of the molecule is CCNC(=NCCc1cccc(C(=O)N(C)C)c1)N1CCC(C(=O)OC)CC1. The van der Waals surface area contributed by atoms with Crippen LogP contribution in [-0.2, 0) is 16.0 Å². The summed E-state index contributed by atoms with van der Waals surface area (Å²) in [6.45, 7) is 5.06. The van der Waals surface area contributed by atoms with Gasteiger partial charge in [-0.1, -0.05) is 12.1 Å². The molecule has 1 aromatic rings. The Morgan fingerprint density at radius 2 is 2.00 bits per heavy atom. The number of piperidine rings is 1. The first-order valence-electron chi connectivity index (χ1n) is 9.88. The van der Waals surface area contributed by atoms with Crippen molar-refractivity contribution in [3.05, 3.63) is 35.4 Å². The summed E-state index contributed by atoms with van der Waals surface area (Å²) in [6, 6.07) is 7.71. The minimum absolute atomic E-state index is 0.00664. The highest BCUT2D eigenvalue weighted by molar-refractivity contribution is 5.94. The lowest BCUT2D eigenvalue weighted by Crippen LogP contribution is -2.46. The number of aliphatic imine (C=N–C) groups is 1. The van der Waals surface area contributed by atoms with Gasteiger partial charge in [-0.25, -0.2) is 0 Å². The smallest absolute Gasteiger partial charge is 0.308 e. The van der Waals surface area contributed by atoms with Crippen LogP contribution in [0.4, 0.5) is 0 Å². The van der Waals surface area contributed by atoms with Crippen LogP contribution in [-0.4, -0.2) is 75.0 Å². The lowest BCUT2D eigenvalue weighted by atomic mass is 9.97. The van der Waals surface area contributed by atoms with E-state index in [1.54, 1.807) is 19.0 Å². The van der Waals surface area contributed by atoms with Crippen molar-refractivity contribution in [2.45, 2.75) is 26.2 Å². The first-order chi connectivity index (χ1) is 13.5. The highest BCUT2D eigenvalue weighted by atomic mass is 16.5. The zero-order valence-corrected chi connectivity index (χ0v) is 17.4. The molecule has 0 aromatic heterocycles. The van der Waals surface area contributed by atoms with Crippen LogP contribution in [0.5, 0.6) is 0 Å². The van der Waals surface area contributed by atoms with E-state index in [1.165, 1.54) is 7.11 Å². The van der Waals surface area contributed by atoms with Crippen molar-refractivity contribution in [2.24, 2.45) is 10.9 Å². The minimum atomic E-state index is -0.117. The molecule has 1 aliphatic rings. The Balaban J connectivity index is 1.96. The molecule has 2 rings (SSSR count). The number of methoxy groups -OCH3 is 1. The maximum Gasteiger partial charge on any atom is 0.308 e. The van der Waals surface area contributed by atoms with Gasteiger partial charge in [0.05, 0.1) is 13.0 Å². The van der Waals surface area contributed by atoms with Gasteiger partial charge in [-0.15, -0.1) is 0 Å². The topological polar surface area (TPSA) is 74.2 Å². The second kappa shape index (κ2) is 10.7. The Bertz CT molecular complexity index is 695. The Labute approximate surface area is 167 Å². The summed E-state index contributed by atoms with van der Waals surface area (Å²) < 4.78 is 4.86. The van der Waals surface area contributed by atoms with Gasteiger partial charge in [0.15, 0.2) is 5.96 Å². The Morgan fingerprint density at radius 3 is 2.61 bits per heavy atom. The summed E-state index contributed by atoms with van der Waals surface area (Å²) in [5.74, 6) is 0.758. The lowest BCUT2D eigenvalue weighted by Gasteiger charge is -2.33. The van der Waals surface area contributed by atoms with Crippen LogP contribution in [0.2, 0.25) is 0 Å². The van der Waals surface area contributed by atoms with Gasteiger partial charge in [-0.2, -0.15) is 0 Å². The third-order valence-corrected chi connectivity index (χ3v) is 4.91. The molecule has 0 spiro atoms. The van der Waals surface area contributed by atoms with Crippen LogP contribution < -0.4 is 5.32 Å². The van der Waals surface area contributed by atoms with Crippen molar-refractivity contribution in [2.75, 3.05) is 47.4 Å². The Morgan fingerprint density at radius 1 is 1.29 bits per heavy atom. The van der Waals surface area contributed by atoms with Gasteiger partial charge in [0.25, 0.3) is 5.91 Å². The highest BCUT2D eigenvalue weighted by Gasteiger charge is 2.26. The molecule has 7 nitrogen and oxygen atoms in total. The van der Waals surface area contributed by atoms with Crippen LogP contribution in [0.15, 0.2) is 29.3 Å². The first-order valence-corrected chi connectivity index (χ1v) is 9.88. The van der Waals surface area contributed by atoms with E-state index in [9.17, 15) is 9.59 Å².